The molecular weight excluding hydrogens is 375 g/mol. The van der Waals surface area contributed by atoms with Crippen LogP contribution in [0.5, 0.6) is 0 Å². The molecule has 0 saturated carbocycles. The summed E-state index contributed by atoms with van der Waals surface area (Å²) >= 11 is 1.15. The number of carbonyl (C=O) groups excluding carboxylic acids is 1. The van der Waals surface area contributed by atoms with Crippen LogP contribution >= 0.6 is 11.3 Å². The van der Waals surface area contributed by atoms with Crippen LogP contribution in [0.15, 0.2) is 54.1 Å². The molecule has 3 rings (SSSR count). The molecule has 0 aliphatic heterocycles. The number of hydrogen-bond acceptors (Lipinski definition) is 4. The Morgan fingerprint density at radius 1 is 1.22 bits per heavy atom. The summed E-state index contributed by atoms with van der Waals surface area (Å²) in [5.41, 5.74) is -0.324. The number of benzene rings is 1. The Kier molecular flexibility index (Phi) is 4.97. The Labute approximate surface area is 156 Å². The van der Waals surface area contributed by atoms with E-state index >= 15 is 0 Å². The Hall–Kier alpha value is -3.18. The lowest BCUT2D eigenvalue weighted by Gasteiger charge is -2.04. The first-order valence-corrected chi connectivity index (χ1v) is 8.54. The second kappa shape index (κ2) is 7.21. The quantitative estimate of drug-likeness (QED) is 0.361. The normalized spacial score (nSPS) is 12.0. The smallest absolute Gasteiger partial charge is 0.288 e. The van der Waals surface area contributed by atoms with Gasteiger partial charge in [0.2, 0.25) is 5.78 Å². The van der Waals surface area contributed by atoms with Crippen molar-refractivity contribution in [1.82, 2.24) is 9.78 Å². The number of nitriles is 1. The van der Waals surface area contributed by atoms with Gasteiger partial charge in [-0.25, -0.2) is 0 Å². The standard InChI is InChI=1S/C19H12F3N3OS/c1-25-17(19(20,21)22)10-15(24-25)16-8-7-14(27-16)9-13(11-23)18(26)12-5-3-2-4-6-12/h2-10H,1H3/b13-9+. The predicted octanol–water partition coefficient (Wildman–Crippen LogP) is 4.96. The number of aryl methyl sites for hydroxylation is 1. The van der Waals surface area contributed by atoms with Gasteiger partial charge in [-0.1, -0.05) is 30.3 Å². The van der Waals surface area contributed by atoms with Crippen molar-refractivity contribution in [3.63, 3.8) is 0 Å². The van der Waals surface area contributed by atoms with Crippen molar-refractivity contribution in [1.29, 1.82) is 5.26 Å². The third-order valence-corrected chi connectivity index (χ3v) is 4.79. The second-order valence-corrected chi connectivity index (χ2v) is 6.72. The van der Waals surface area contributed by atoms with E-state index in [9.17, 15) is 23.2 Å². The first kappa shape index (κ1) is 18.6. The van der Waals surface area contributed by atoms with Crippen molar-refractivity contribution in [2.24, 2.45) is 7.05 Å². The van der Waals surface area contributed by atoms with Gasteiger partial charge in [0.15, 0.2) is 0 Å². The molecule has 0 atom stereocenters. The topological polar surface area (TPSA) is 58.7 Å². The van der Waals surface area contributed by atoms with Crippen LogP contribution in [0.2, 0.25) is 0 Å². The third-order valence-electron chi connectivity index (χ3n) is 3.74. The molecule has 8 heteroatoms. The van der Waals surface area contributed by atoms with Crippen LogP contribution in [0.1, 0.15) is 20.9 Å². The molecule has 0 saturated heterocycles. The highest BCUT2D eigenvalue weighted by molar-refractivity contribution is 7.16. The number of rotatable bonds is 4. The van der Waals surface area contributed by atoms with Crippen molar-refractivity contribution in [2.75, 3.05) is 0 Å². The molecule has 0 bridgehead atoms. The van der Waals surface area contributed by atoms with Crippen molar-refractivity contribution in [2.45, 2.75) is 6.18 Å². The first-order chi connectivity index (χ1) is 12.8. The van der Waals surface area contributed by atoms with E-state index in [0.717, 1.165) is 22.1 Å². The largest absolute Gasteiger partial charge is 0.433 e. The number of allylic oxidation sites excluding steroid dienone is 1. The fourth-order valence-corrected chi connectivity index (χ4v) is 3.36. The molecule has 0 spiro atoms. The van der Waals surface area contributed by atoms with Crippen LogP contribution in [0.3, 0.4) is 0 Å². The van der Waals surface area contributed by atoms with E-state index in [4.69, 9.17) is 0 Å². The number of hydrogen-bond donors (Lipinski definition) is 0. The molecule has 4 nitrogen and oxygen atoms in total. The molecular formula is C19H12F3N3OS. The zero-order valence-electron chi connectivity index (χ0n) is 14.0. The number of thiophene rings is 1. The minimum atomic E-state index is -4.49. The molecule has 0 aliphatic rings. The SMILES string of the molecule is Cn1nc(-c2ccc(/C=C(\C#N)C(=O)c3ccccc3)s2)cc1C(F)(F)F. The Morgan fingerprint density at radius 3 is 2.52 bits per heavy atom. The number of aromatic nitrogens is 2. The van der Waals surface area contributed by atoms with Gasteiger partial charge in [-0.15, -0.1) is 11.3 Å². The van der Waals surface area contributed by atoms with Crippen LogP contribution in [0.4, 0.5) is 13.2 Å². The average molecular weight is 387 g/mol. The summed E-state index contributed by atoms with van der Waals surface area (Å²) in [5.74, 6) is -0.412. The highest BCUT2D eigenvalue weighted by atomic mass is 32.1. The van der Waals surface area contributed by atoms with Crippen molar-refractivity contribution < 1.29 is 18.0 Å². The van der Waals surface area contributed by atoms with Crippen molar-refractivity contribution >= 4 is 23.2 Å². The number of alkyl halides is 3. The zero-order valence-corrected chi connectivity index (χ0v) is 14.8. The zero-order chi connectivity index (χ0) is 19.6. The lowest BCUT2D eigenvalue weighted by molar-refractivity contribution is -0.143. The van der Waals surface area contributed by atoms with Crippen molar-refractivity contribution in [3.05, 3.63) is 70.2 Å². The highest BCUT2D eigenvalue weighted by Crippen LogP contribution is 2.34. The van der Waals surface area contributed by atoms with Gasteiger partial charge in [-0.3, -0.25) is 9.48 Å². The fraction of sp³-hybridized carbons (Fsp3) is 0.105. The highest BCUT2D eigenvalue weighted by Gasteiger charge is 2.35. The van der Waals surface area contributed by atoms with E-state index in [-0.39, 0.29) is 11.3 Å². The molecule has 0 N–H and O–H groups in total. The lowest BCUT2D eigenvalue weighted by Crippen LogP contribution is -2.11. The maximum absolute atomic E-state index is 12.9. The molecule has 0 amide bonds. The van der Waals surface area contributed by atoms with Crippen LogP contribution in [-0.4, -0.2) is 15.6 Å². The van der Waals surface area contributed by atoms with Gasteiger partial charge < -0.3 is 0 Å². The van der Waals surface area contributed by atoms with Gasteiger partial charge in [0.05, 0.1) is 4.88 Å². The molecule has 0 radical (unpaired) electrons. The summed E-state index contributed by atoms with van der Waals surface area (Å²) in [6, 6.07) is 14.5. The molecule has 0 aliphatic carbocycles. The van der Waals surface area contributed by atoms with E-state index in [1.807, 2.05) is 6.07 Å². The first-order valence-electron chi connectivity index (χ1n) is 7.72. The molecule has 27 heavy (non-hydrogen) atoms. The summed E-state index contributed by atoms with van der Waals surface area (Å²) in [6.07, 6.45) is -3.06. The van der Waals surface area contributed by atoms with E-state index in [2.05, 4.69) is 5.10 Å². The monoisotopic (exact) mass is 387 g/mol. The van der Waals surface area contributed by atoms with E-state index in [1.54, 1.807) is 42.5 Å². The van der Waals surface area contributed by atoms with Crippen LogP contribution < -0.4 is 0 Å². The summed E-state index contributed by atoms with van der Waals surface area (Å²) in [4.78, 5) is 13.5. The van der Waals surface area contributed by atoms with Gasteiger partial charge in [-0.2, -0.15) is 23.5 Å². The number of halogens is 3. The summed E-state index contributed by atoms with van der Waals surface area (Å²) in [5, 5.41) is 13.2. The lowest BCUT2D eigenvalue weighted by atomic mass is 10.0. The van der Waals surface area contributed by atoms with Crippen molar-refractivity contribution in [3.8, 4) is 16.6 Å². The minimum Gasteiger partial charge on any atom is -0.288 e. The van der Waals surface area contributed by atoms with Gasteiger partial charge >= 0.3 is 6.18 Å². The van der Waals surface area contributed by atoms with Gasteiger partial charge in [0, 0.05) is 17.5 Å². The van der Waals surface area contributed by atoms with Crippen LogP contribution in [0, 0.1) is 11.3 Å². The molecule has 136 valence electrons. The fourth-order valence-electron chi connectivity index (χ4n) is 2.46. The number of Topliss-reactive ketones (excluding diaryl/α,β-unsaturated/α-hetero) is 1. The predicted molar refractivity (Wildman–Crippen MR) is 95.9 cm³/mol. The Balaban J connectivity index is 1.90. The number of nitrogens with zero attached hydrogens (tertiary/aromatic N) is 3. The third kappa shape index (κ3) is 3.99. The molecule has 0 unspecified atom stereocenters. The summed E-state index contributed by atoms with van der Waals surface area (Å²) in [6.45, 7) is 0. The van der Waals surface area contributed by atoms with E-state index in [0.29, 0.717) is 15.3 Å². The maximum atomic E-state index is 12.9. The van der Waals surface area contributed by atoms with E-state index in [1.165, 1.54) is 13.1 Å². The van der Waals surface area contributed by atoms with Crippen LogP contribution in [-0.2, 0) is 13.2 Å². The summed E-state index contributed by atoms with van der Waals surface area (Å²) in [7, 11) is 1.23. The number of carbonyl (C=O) groups is 1. The molecule has 0 fully saturated rings. The van der Waals surface area contributed by atoms with Gasteiger partial charge in [-0.05, 0) is 24.3 Å². The van der Waals surface area contributed by atoms with Gasteiger partial charge in [0.25, 0.3) is 0 Å². The maximum Gasteiger partial charge on any atom is 0.433 e. The summed E-state index contributed by atoms with van der Waals surface area (Å²) < 4.78 is 39.5. The van der Waals surface area contributed by atoms with Gasteiger partial charge in [0.1, 0.15) is 23.0 Å². The molecule has 2 aromatic heterocycles. The molecule has 1 aromatic carbocycles. The minimum absolute atomic E-state index is 0.0494. The Morgan fingerprint density at radius 2 is 1.93 bits per heavy atom. The van der Waals surface area contributed by atoms with E-state index < -0.39 is 17.7 Å². The second-order valence-electron chi connectivity index (χ2n) is 5.60. The average Bonchev–Trinajstić information content (AvgIpc) is 3.26. The molecule has 3 aromatic rings. The molecule has 2 heterocycles. The Bertz CT molecular complexity index is 1060. The van der Waals surface area contributed by atoms with Crippen LogP contribution in [0.25, 0.3) is 16.6 Å². The number of ketones is 1.